The summed E-state index contributed by atoms with van der Waals surface area (Å²) in [5.74, 6) is -0.180. The minimum atomic E-state index is -0.848. The minimum absolute atomic E-state index is 0. The van der Waals surface area contributed by atoms with Crippen molar-refractivity contribution >= 4 is 5.97 Å². The monoisotopic (exact) mass is 363 g/mol. The predicted octanol–water partition coefficient (Wildman–Crippen LogP) is 3.38. The molecule has 0 bridgehead atoms. The fraction of sp³-hybridized carbons (Fsp3) is 0.857. The summed E-state index contributed by atoms with van der Waals surface area (Å²) in [5, 5.41) is 0. The first-order valence-corrected chi connectivity index (χ1v) is 10.1. The smallest absolute Gasteiger partial charge is 1.00 e. The largest absolute Gasteiger partial charge is 1.00 e. The summed E-state index contributed by atoms with van der Waals surface area (Å²) < 4.78 is 5.09. The predicted molar refractivity (Wildman–Crippen MR) is 105 cm³/mol. The molecule has 0 unspecified atom stereocenters. The Morgan fingerprint density at radius 1 is 0.880 bits per heavy atom. The van der Waals surface area contributed by atoms with E-state index in [4.69, 9.17) is 10.5 Å². The van der Waals surface area contributed by atoms with E-state index in [-0.39, 0.29) is 37.0 Å². The summed E-state index contributed by atoms with van der Waals surface area (Å²) in [5.41, 5.74) is 4.79. The standard InChI is InChI=1S/C21H41NO2.Na.H/c1-4-5-6-7-8-9-10-11-12-13-14-15-16-17-18-19-20(23)24-21(2,3)22;;/h11-12H,4-10,13-19,22H2,1-3H3;;/q;+1;-1/b12-11-;;. The SMILES string of the molecule is CCCCCCCC/C=C\CCCCCCCC(=O)OC(C)(C)N.[H-].[Na+]. The van der Waals surface area contributed by atoms with Gasteiger partial charge in [-0.05, 0) is 46.0 Å². The van der Waals surface area contributed by atoms with Gasteiger partial charge in [0.2, 0.25) is 0 Å². The van der Waals surface area contributed by atoms with Gasteiger partial charge in [-0.25, -0.2) is 0 Å². The van der Waals surface area contributed by atoms with Crippen LogP contribution in [0.5, 0.6) is 0 Å². The summed E-state index contributed by atoms with van der Waals surface area (Å²) in [7, 11) is 0. The molecule has 4 heteroatoms. The van der Waals surface area contributed by atoms with Crippen LogP contribution in [-0.2, 0) is 9.53 Å². The van der Waals surface area contributed by atoms with E-state index in [1.54, 1.807) is 13.8 Å². The second kappa shape index (κ2) is 18.9. The van der Waals surface area contributed by atoms with Gasteiger partial charge in [-0.2, -0.15) is 0 Å². The average molecular weight is 364 g/mol. The van der Waals surface area contributed by atoms with Crippen molar-refractivity contribution in [1.29, 1.82) is 0 Å². The van der Waals surface area contributed by atoms with E-state index < -0.39 is 5.72 Å². The number of esters is 1. The molecule has 0 aliphatic rings. The molecule has 0 fully saturated rings. The van der Waals surface area contributed by atoms with Gasteiger partial charge in [0.1, 0.15) is 0 Å². The molecule has 0 radical (unpaired) electrons. The van der Waals surface area contributed by atoms with Crippen LogP contribution in [-0.4, -0.2) is 11.7 Å². The molecule has 0 spiro atoms. The Hall–Kier alpha value is 0.170. The number of allylic oxidation sites excluding steroid dienone is 2. The van der Waals surface area contributed by atoms with Crippen molar-refractivity contribution in [1.82, 2.24) is 0 Å². The molecule has 144 valence electrons. The van der Waals surface area contributed by atoms with Gasteiger partial charge in [-0.15, -0.1) is 0 Å². The van der Waals surface area contributed by atoms with Crippen molar-refractivity contribution < 1.29 is 40.5 Å². The third-order valence-electron chi connectivity index (χ3n) is 4.02. The summed E-state index contributed by atoms with van der Waals surface area (Å²) >= 11 is 0. The van der Waals surface area contributed by atoms with Crippen LogP contribution < -0.4 is 35.3 Å². The van der Waals surface area contributed by atoms with Gasteiger partial charge in [-0.1, -0.05) is 70.4 Å². The van der Waals surface area contributed by atoms with Crippen molar-refractivity contribution in [3.05, 3.63) is 12.2 Å². The maximum Gasteiger partial charge on any atom is 1.00 e. The van der Waals surface area contributed by atoms with Crippen molar-refractivity contribution in [2.75, 3.05) is 0 Å². The van der Waals surface area contributed by atoms with Crippen LogP contribution in [0.2, 0.25) is 0 Å². The van der Waals surface area contributed by atoms with E-state index in [1.807, 2.05) is 0 Å². The maximum atomic E-state index is 11.5. The number of hydrogen-bond acceptors (Lipinski definition) is 3. The van der Waals surface area contributed by atoms with Gasteiger partial charge in [0, 0.05) is 6.42 Å². The average Bonchev–Trinajstić information content (AvgIpc) is 2.49. The molecule has 0 aromatic heterocycles. The third-order valence-corrected chi connectivity index (χ3v) is 4.02. The molecule has 0 atom stereocenters. The molecule has 0 heterocycles. The normalized spacial score (nSPS) is 11.5. The number of carbonyl (C=O) groups is 1. The summed E-state index contributed by atoms with van der Waals surface area (Å²) in [6.45, 7) is 5.66. The molecule has 0 aromatic rings. The third kappa shape index (κ3) is 24.2. The Morgan fingerprint density at radius 3 is 1.80 bits per heavy atom. The fourth-order valence-corrected chi connectivity index (χ4v) is 2.68. The molecule has 0 saturated carbocycles. The van der Waals surface area contributed by atoms with Crippen molar-refractivity contribution in [2.24, 2.45) is 5.73 Å². The number of hydrogen-bond donors (Lipinski definition) is 1. The molecule has 2 N–H and O–H groups in total. The number of unbranched alkanes of at least 4 members (excludes halogenated alkanes) is 11. The first kappa shape index (κ1) is 27.4. The van der Waals surface area contributed by atoms with Gasteiger partial charge in [0.25, 0.3) is 0 Å². The van der Waals surface area contributed by atoms with Crippen LogP contribution in [0.1, 0.15) is 112 Å². The zero-order chi connectivity index (χ0) is 18.1. The van der Waals surface area contributed by atoms with Gasteiger partial charge in [0.15, 0.2) is 5.72 Å². The Balaban J connectivity index is -0.00000264. The molecule has 0 aromatic carbocycles. The molecule has 25 heavy (non-hydrogen) atoms. The van der Waals surface area contributed by atoms with Gasteiger partial charge >= 0.3 is 35.5 Å². The summed E-state index contributed by atoms with van der Waals surface area (Å²) in [4.78, 5) is 11.5. The molecule has 0 saturated heterocycles. The fourth-order valence-electron chi connectivity index (χ4n) is 2.68. The summed E-state index contributed by atoms with van der Waals surface area (Å²) in [6.07, 6.45) is 21.6. The van der Waals surface area contributed by atoms with Crippen LogP contribution in [0, 0.1) is 0 Å². The van der Waals surface area contributed by atoms with Crippen LogP contribution in [0.4, 0.5) is 0 Å². The molecule has 3 nitrogen and oxygen atoms in total. The van der Waals surface area contributed by atoms with Crippen molar-refractivity contribution in [3.63, 3.8) is 0 Å². The zero-order valence-electron chi connectivity index (χ0n) is 18.4. The van der Waals surface area contributed by atoms with E-state index in [1.165, 1.54) is 70.6 Å². The van der Waals surface area contributed by atoms with Gasteiger partial charge < -0.3 is 6.16 Å². The first-order chi connectivity index (χ1) is 11.5. The second-order valence-corrected chi connectivity index (χ2v) is 7.41. The quantitative estimate of drug-likeness (QED) is 0.150. The number of nitrogens with two attached hydrogens (primary N) is 1. The van der Waals surface area contributed by atoms with Crippen molar-refractivity contribution in [3.8, 4) is 0 Å². The molecule has 0 amide bonds. The van der Waals surface area contributed by atoms with Crippen LogP contribution >= 0.6 is 0 Å². The topological polar surface area (TPSA) is 52.3 Å². The number of ether oxygens (including phenoxy) is 1. The molecule has 0 aliphatic heterocycles. The first-order valence-electron chi connectivity index (χ1n) is 10.1. The van der Waals surface area contributed by atoms with E-state index in [2.05, 4.69) is 19.1 Å². The molecular weight excluding hydrogens is 321 g/mol. The van der Waals surface area contributed by atoms with Gasteiger partial charge in [-0.3, -0.25) is 10.5 Å². The Morgan fingerprint density at radius 2 is 1.32 bits per heavy atom. The van der Waals surface area contributed by atoms with E-state index >= 15 is 0 Å². The van der Waals surface area contributed by atoms with Crippen LogP contribution in [0.15, 0.2) is 12.2 Å². The molecule has 0 aliphatic carbocycles. The van der Waals surface area contributed by atoms with E-state index in [0.717, 1.165) is 12.8 Å². The van der Waals surface area contributed by atoms with E-state index in [9.17, 15) is 4.79 Å². The van der Waals surface area contributed by atoms with Crippen molar-refractivity contribution in [2.45, 2.75) is 116 Å². The minimum Gasteiger partial charge on any atom is -1.00 e. The summed E-state index contributed by atoms with van der Waals surface area (Å²) in [6, 6.07) is 0. The second-order valence-electron chi connectivity index (χ2n) is 7.41. The number of carbonyl (C=O) groups excluding carboxylic acids is 1. The Bertz CT molecular complexity index is 330. The molecule has 0 rings (SSSR count). The maximum absolute atomic E-state index is 11.5. The van der Waals surface area contributed by atoms with Gasteiger partial charge in [0.05, 0.1) is 0 Å². The Kier molecular flexibility index (Phi) is 20.8. The molecular formula is C21H42NNaO2. The van der Waals surface area contributed by atoms with Crippen LogP contribution in [0.3, 0.4) is 0 Å². The van der Waals surface area contributed by atoms with E-state index in [0.29, 0.717) is 6.42 Å². The number of rotatable bonds is 16. The Labute approximate surface area is 180 Å². The zero-order valence-corrected chi connectivity index (χ0v) is 19.4. The van der Waals surface area contributed by atoms with Crippen LogP contribution in [0.25, 0.3) is 0 Å².